The number of anilines is 1. The van der Waals surface area contributed by atoms with Crippen molar-refractivity contribution in [3.8, 4) is 0 Å². The van der Waals surface area contributed by atoms with Crippen molar-refractivity contribution < 1.29 is 44.8 Å². The molecule has 3 aromatic rings. The van der Waals surface area contributed by atoms with Crippen molar-refractivity contribution in [3.05, 3.63) is 98.6 Å². The number of hydrogen-bond donors (Lipinski definition) is 4. The summed E-state index contributed by atoms with van der Waals surface area (Å²) >= 11 is 6.22. The van der Waals surface area contributed by atoms with E-state index in [2.05, 4.69) is 16.0 Å². The molecule has 0 saturated heterocycles. The summed E-state index contributed by atoms with van der Waals surface area (Å²) in [6.07, 6.45) is -4.97. The van der Waals surface area contributed by atoms with Crippen LogP contribution < -0.4 is 21.1 Å². The first-order valence-electron chi connectivity index (χ1n) is 11.4. The van der Waals surface area contributed by atoms with Crippen molar-refractivity contribution in [2.24, 2.45) is 5.14 Å². The third kappa shape index (κ3) is 6.81. The Bertz CT molecular complexity index is 1700. The number of halogens is 6. The van der Waals surface area contributed by atoms with E-state index in [1.165, 1.54) is 6.07 Å². The van der Waals surface area contributed by atoms with Crippen LogP contribution in [0.15, 0.2) is 48.5 Å². The van der Waals surface area contributed by atoms with Gasteiger partial charge in [-0.1, -0.05) is 11.6 Å². The number of alkyl halides is 3. The van der Waals surface area contributed by atoms with Crippen LogP contribution in [0.2, 0.25) is 5.02 Å². The maximum absolute atomic E-state index is 14.1. The minimum atomic E-state index is -4.97. The molecule has 1 aliphatic heterocycles. The fraction of sp³-hybridized carbons (Fsp3) is 0.160. The van der Waals surface area contributed by atoms with Gasteiger partial charge in [-0.3, -0.25) is 14.4 Å². The molecule has 1 heterocycles. The van der Waals surface area contributed by atoms with Crippen LogP contribution in [0.1, 0.15) is 53.8 Å². The van der Waals surface area contributed by atoms with E-state index in [0.717, 1.165) is 24.3 Å². The SMILES string of the molecule is NS(=O)(=O)CCNC(=O)c1cc(NC(=O)c2cc(F)cc(C(F)(F)F)c2)c2c(c1)C(=O)NC2c1cc(F)ccc1Cl. The van der Waals surface area contributed by atoms with E-state index in [4.69, 9.17) is 16.7 Å². The summed E-state index contributed by atoms with van der Waals surface area (Å²) in [5, 5.41) is 12.1. The Hall–Kier alpha value is -4.08. The van der Waals surface area contributed by atoms with Crippen LogP contribution in [-0.4, -0.2) is 38.4 Å². The Morgan fingerprint density at radius 1 is 0.976 bits per heavy atom. The van der Waals surface area contributed by atoms with E-state index in [-0.39, 0.29) is 39.0 Å². The van der Waals surface area contributed by atoms with Gasteiger partial charge in [0.1, 0.15) is 11.6 Å². The topological polar surface area (TPSA) is 147 Å². The second kappa shape index (κ2) is 11.1. The minimum absolute atomic E-state index is 0.00983. The molecule has 0 aliphatic carbocycles. The number of nitrogens with one attached hydrogen (secondary N) is 3. The molecular weight excluding hydrogens is 599 g/mol. The molecule has 4 rings (SSSR count). The molecule has 3 amide bonds. The number of carbonyl (C=O) groups is 3. The Morgan fingerprint density at radius 2 is 1.66 bits per heavy atom. The first-order valence-corrected chi connectivity index (χ1v) is 13.5. The second-order valence-electron chi connectivity index (χ2n) is 8.86. The van der Waals surface area contributed by atoms with Crippen LogP contribution in [0, 0.1) is 11.6 Å². The number of sulfonamides is 1. The first kappa shape index (κ1) is 29.9. The fourth-order valence-electron chi connectivity index (χ4n) is 4.12. The van der Waals surface area contributed by atoms with Gasteiger partial charge in [-0.05, 0) is 48.5 Å². The molecule has 216 valence electrons. The zero-order valence-electron chi connectivity index (χ0n) is 20.4. The van der Waals surface area contributed by atoms with Crippen LogP contribution >= 0.6 is 11.6 Å². The van der Waals surface area contributed by atoms with Gasteiger partial charge in [-0.2, -0.15) is 13.2 Å². The molecule has 3 aromatic carbocycles. The highest BCUT2D eigenvalue weighted by molar-refractivity contribution is 7.89. The highest BCUT2D eigenvalue weighted by Gasteiger charge is 2.36. The van der Waals surface area contributed by atoms with E-state index >= 15 is 0 Å². The zero-order valence-corrected chi connectivity index (χ0v) is 22.0. The van der Waals surface area contributed by atoms with E-state index in [0.29, 0.717) is 12.1 Å². The molecule has 0 aromatic heterocycles. The summed E-state index contributed by atoms with van der Waals surface area (Å²) in [6.45, 7) is -0.409. The van der Waals surface area contributed by atoms with Crippen molar-refractivity contribution in [2.75, 3.05) is 17.6 Å². The van der Waals surface area contributed by atoms with E-state index in [1.54, 1.807) is 0 Å². The smallest absolute Gasteiger partial charge is 0.351 e. The molecule has 16 heteroatoms. The monoisotopic (exact) mass is 616 g/mol. The zero-order chi connectivity index (χ0) is 30.3. The van der Waals surface area contributed by atoms with Crippen LogP contribution in [-0.2, 0) is 16.2 Å². The normalized spacial score (nSPS) is 14.8. The minimum Gasteiger partial charge on any atom is -0.351 e. The number of fused-ring (bicyclic) bond motifs is 1. The average Bonchev–Trinajstić information content (AvgIpc) is 3.20. The van der Waals surface area contributed by atoms with E-state index < -0.39 is 75.0 Å². The summed E-state index contributed by atoms with van der Waals surface area (Å²) < 4.78 is 90.0. The Morgan fingerprint density at radius 3 is 2.32 bits per heavy atom. The lowest BCUT2D eigenvalue weighted by atomic mass is 9.94. The molecule has 0 fully saturated rings. The summed E-state index contributed by atoms with van der Waals surface area (Å²) in [5.74, 6) is -5.58. The average molecular weight is 617 g/mol. The fourth-order valence-corrected chi connectivity index (χ4v) is 4.74. The van der Waals surface area contributed by atoms with Gasteiger partial charge in [0, 0.05) is 45.1 Å². The van der Waals surface area contributed by atoms with Crippen molar-refractivity contribution in [2.45, 2.75) is 12.2 Å². The highest BCUT2D eigenvalue weighted by Crippen LogP contribution is 2.40. The number of benzene rings is 3. The number of carbonyl (C=O) groups excluding carboxylic acids is 3. The summed E-state index contributed by atoms with van der Waals surface area (Å²) in [5.41, 5.74) is -2.83. The third-order valence-electron chi connectivity index (χ3n) is 5.93. The van der Waals surface area contributed by atoms with Crippen molar-refractivity contribution in [1.82, 2.24) is 10.6 Å². The Labute approximate surface area is 233 Å². The first-order chi connectivity index (χ1) is 19.0. The Kier molecular flexibility index (Phi) is 8.07. The third-order valence-corrected chi connectivity index (χ3v) is 7.04. The Balaban J connectivity index is 1.81. The highest BCUT2D eigenvalue weighted by atomic mass is 35.5. The van der Waals surface area contributed by atoms with E-state index in [1.807, 2.05) is 0 Å². The summed E-state index contributed by atoms with van der Waals surface area (Å²) in [6, 6.07) is 5.46. The quantitative estimate of drug-likeness (QED) is 0.299. The predicted molar refractivity (Wildman–Crippen MR) is 137 cm³/mol. The molecule has 0 spiro atoms. The van der Waals surface area contributed by atoms with Crippen LogP contribution in [0.4, 0.5) is 27.6 Å². The molecule has 0 bridgehead atoms. The van der Waals surface area contributed by atoms with Gasteiger partial charge in [0.25, 0.3) is 17.7 Å². The second-order valence-corrected chi connectivity index (χ2v) is 11.0. The number of nitrogens with two attached hydrogens (primary N) is 1. The molecule has 0 saturated carbocycles. The molecule has 41 heavy (non-hydrogen) atoms. The summed E-state index contributed by atoms with van der Waals surface area (Å²) in [4.78, 5) is 38.7. The number of rotatable bonds is 7. The maximum Gasteiger partial charge on any atom is 0.416 e. The molecule has 1 unspecified atom stereocenters. The standard InChI is InChI=1S/C25H18ClF5N4O5S/c26-18-2-1-14(27)10-16(18)21-20-17(24(38)35-21)7-12(22(36)33-3-4-41(32,39)40)8-19(20)34-23(37)11-5-13(25(29,30)31)9-15(28)6-11/h1-2,5-10,21H,3-4H2,(H,33,36)(H,34,37)(H,35,38)(H2,32,39,40). The van der Waals surface area contributed by atoms with Crippen molar-refractivity contribution in [3.63, 3.8) is 0 Å². The number of hydrogen-bond acceptors (Lipinski definition) is 5. The van der Waals surface area contributed by atoms with Crippen molar-refractivity contribution >= 4 is 45.0 Å². The van der Waals surface area contributed by atoms with Gasteiger partial charge in [0.05, 0.1) is 17.4 Å². The van der Waals surface area contributed by atoms with Gasteiger partial charge < -0.3 is 16.0 Å². The molecular formula is C25H18ClF5N4O5S. The lowest BCUT2D eigenvalue weighted by molar-refractivity contribution is -0.137. The van der Waals surface area contributed by atoms with Gasteiger partial charge >= 0.3 is 6.18 Å². The molecule has 1 atom stereocenters. The molecule has 1 aliphatic rings. The number of primary sulfonamides is 1. The number of amides is 3. The lowest BCUT2D eigenvalue weighted by Gasteiger charge is -2.19. The maximum atomic E-state index is 14.1. The van der Waals surface area contributed by atoms with Gasteiger partial charge in [0.2, 0.25) is 10.0 Å². The summed E-state index contributed by atoms with van der Waals surface area (Å²) in [7, 11) is -3.93. The van der Waals surface area contributed by atoms with Crippen LogP contribution in [0.3, 0.4) is 0 Å². The lowest BCUT2D eigenvalue weighted by Crippen LogP contribution is -2.31. The van der Waals surface area contributed by atoms with Gasteiger partial charge in [-0.25, -0.2) is 22.3 Å². The van der Waals surface area contributed by atoms with Crippen LogP contribution in [0.5, 0.6) is 0 Å². The van der Waals surface area contributed by atoms with Crippen LogP contribution in [0.25, 0.3) is 0 Å². The van der Waals surface area contributed by atoms with Gasteiger partial charge in [-0.15, -0.1) is 0 Å². The van der Waals surface area contributed by atoms with E-state index in [9.17, 15) is 44.8 Å². The van der Waals surface area contributed by atoms with Crippen molar-refractivity contribution in [1.29, 1.82) is 0 Å². The largest absolute Gasteiger partial charge is 0.416 e. The van der Waals surface area contributed by atoms with Gasteiger partial charge in [0.15, 0.2) is 0 Å². The molecule has 9 nitrogen and oxygen atoms in total. The predicted octanol–water partition coefficient (Wildman–Crippen LogP) is 3.74. The molecule has 5 N–H and O–H groups in total. The molecule has 0 radical (unpaired) electrons.